The minimum Gasteiger partial charge on any atom is -0.452 e. The van der Waals surface area contributed by atoms with E-state index in [0.717, 1.165) is 16.5 Å². The van der Waals surface area contributed by atoms with Gasteiger partial charge in [0.05, 0.1) is 11.3 Å². The fraction of sp³-hybridized carbons (Fsp3) is 0.143. The molecule has 0 saturated carbocycles. The van der Waals surface area contributed by atoms with Crippen LogP contribution in [0.5, 0.6) is 0 Å². The molecular weight excluding hydrogens is 385 g/mol. The third kappa shape index (κ3) is 4.41. The standard InChI is InChI=1S/C21H17Cl2NO3/c1-2-24(19-9-5-7-14-6-3-4-8-18(14)19)20(25)13-27-21(26)15-10-16(22)12-17(23)11-15/h3-12H,2,13H2,1H3. The molecule has 0 saturated heterocycles. The van der Waals surface area contributed by atoms with Gasteiger partial charge in [-0.1, -0.05) is 59.6 Å². The number of nitrogens with zero attached hydrogens (tertiary/aromatic N) is 1. The molecule has 0 spiro atoms. The Balaban J connectivity index is 1.76. The Morgan fingerprint density at radius 2 is 1.63 bits per heavy atom. The van der Waals surface area contributed by atoms with Gasteiger partial charge >= 0.3 is 5.97 Å². The summed E-state index contributed by atoms with van der Waals surface area (Å²) in [5.41, 5.74) is 0.982. The van der Waals surface area contributed by atoms with Crippen molar-refractivity contribution in [3.63, 3.8) is 0 Å². The topological polar surface area (TPSA) is 46.6 Å². The summed E-state index contributed by atoms with van der Waals surface area (Å²) in [5.74, 6) is -0.961. The van der Waals surface area contributed by atoms with E-state index >= 15 is 0 Å². The maximum absolute atomic E-state index is 12.7. The van der Waals surface area contributed by atoms with Crippen molar-refractivity contribution in [1.29, 1.82) is 0 Å². The average Bonchev–Trinajstić information content (AvgIpc) is 2.66. The van der Waals surface area contributed by atoms with E-state index in [0.29, 0.717) is 16.6 Å². The normalized spacial score (nSPS) is 10.6. The van der Waals surface area contributed by atoms with Crippen molar-refractivity contribution < 1.29 is 14.3 Å². The van der Waals surface area contributed by atoms with E-state index < -0.39 is 5.97 Å². The number of esters is 1. The van der Waals surface area contributed by atoms with Crippen LogP contribution in [0.15, 0.2) is 60.7 Å². The lowest BCUT2D eigenvalue weighted by molar-refractivity contribution is -0.121. The molecule has 0 aliphatic rings. The number of ether oxygens (including phenoxy) is 1. The molecule has 0 aromatic heterocycles. The van der Waals surface area contributed by atoms with Gasteiger partial charge in [-0.2, -0.15) is 0 Å². The highest BCUT2D eigenvalue weighted by Gasteiger charge is 2.19. The van der Waals surface area contributed by atoms with E-state index in [4.69, 9.17) is 27.9 Å². The molecule has 138 valence electrons. The summed E-state index contributed by atoms with van der Waals surface area (Å²) in [4.78, 5) is 26.5. The zero-order chi connectivity index (χ0) is 19.4. The summed E-state index contributed by atoms with van der Waals surface area (Å²) < 4.78 is 5.17. The molecule has 0 fully saturated rings. The van der Waals surface area contributed by atoms with Gasteiger partial charge in [-0.15, -0.1) is 0 Å². The summed E-state index contributed by atoms with van der Waals surface area (Å²) in [6.07, 6.45) is 0. The van der Waals surface area contributed by atoms with Crippen molar-refractivity contribution in [3.8, 4) is 0 Å². The maximum atomic E-state index is 12.7. The third-order valence-corrected chi connectivity index (χ3v) is 4.54. The first-order chi connectivity index (χ1) is 13.0. The van der Waals surface area contributed by atoms with Gasteiger partial charge in [-0.05, 0) is 36.6 Å². The monoisotopic (exact) mass is 401 g/mol. The molecule has 0 unspecified atom stereocenters. The molecule has 3 aromatic carbocycles. The number of benzene rings is 3. The number of fused-ring (bicyclic) bond motifs is 1. The van der Waals surface area contributed by atoms with Crippen LogP contribution in [0.3, 0.4) is 0 Å². The molecular formula is C21H17Cl2NO3. The Hall–Kier alpha value is -2.56. The van der Waals surface area contributed by atoms with Crippen molar-refractivity contribution in [2.75, 3.05) is 18.1 Å². The lowest BCUT2D eigenvalue weighted by Gasteiger charge is -2.22. The van der Waals surface area contributed by atoms with Crippen LogP contribution in [0, 0.1) is 0 Å². The first-order valence-electron chi connectivity index (χ1n) is 8.41. The van der Waals surface area contributed by atoms with Gasteiger partial charge in [0.15, 0.2) is 6.61 Å². The van der Waals surface area contributed by atoms with E-state index in [1.54, 1.807) is 4.90 Å². The molecule has 6 heteroatoms. The second-order valence-electron chi connectivity index (χ2n) is 5.87. The number of anilines is 1. The van der Waals surface area contributed by atoms with E-state index in [-0.39, 0.29) is 18.1 Å². The number of carbonyl (C=O) groups excluding carboxylic acids is 2. The van der Waals surface area contributed by atoms with Crippen LogP contribution in [-0.4, -0.2) is 25.0 Å². The third-order valence-electron chi connectivity index (χ3n) is 4.10. The van der Waals surface area contributed by atoms with E-state index in [9.17, 15) is 9.59 Å². The number of halogens is 2. The highest BCUT2D eigenvalue weighted by molar-refractivity contribution is 6.35. The second-order valence-corrected chi connectivity index (χ2v) is 6.74. The summed E-state index contributed by atoms with van der Waals surface area (Å²) >= 11 is 11.8. The van der Waals surface area contributed by atoms with Gasteiger partial charge in [-0.25, -0.2) is 4.79 Å². The van der Waals surface area contributed by atoms with Crippen LogP contribution >= 0.6 is 23.2 Å². The Morgan fingerprint density at radius 3 is 2.33 bits per heavy atom. The molecule has 27 heavy (non-hydrogen) atoms. The minimum atomic E-state index is -0.651. The Labute approximate surface area is 167 Å². The van der Waals surface area contributed by atoms with Crippen LogP contribution in [-0.2, 0) is 9.53 Å². The predicted molar refractivity (Wildman–Crippen MR) is 109 cm³/mol. The van der Waals surface area contributed by atoms with Gasteiger partial charge in [0, 0.05) is 22.0 Å². The summed E-state index contributed by atoms with van der Waals surface area (Å²) in [6.45, 7) is 1.95. The predicted octanol–water partition coefficient (Wildman–Crippen LogP) is 5.36. The van der Waals surface area contributed by atoms with Crippen LogP contribution in [0.1, 0.15) is 17.3 Å². The fourth-order valence-corrected chi connectivity index (χ4v) is 3.41. The Bertz CT molecular complexity index is 978. The lowest BCUT2D eigenvalue weighted by Crippen LogP contribution is -2.34. The van der Waals surface area contributed by atoms with Crippen molar-refractivity contribution in [2.45, 2.75) is 6.92 Å². The van der Waals surface area contributed by atoms with Gasteiger partial charge in [0.25, 0.3) is 5.91 Å². The smallest absolute Gasteiger partial charge is 0.338 e. The van der Waals surface area contributed by atoms with E-state index in [2.05, 4.69) is 0 Å². The number of hydrogen-bond acceptors (Lipinski definition) is 3. The highest BCUT2D eigenvalue weighted by atomic mass is 35.5. The molecule has 3 rings (SSSR count). The SMILES string of the molecule is CCN(C(=O)COC(=O)c1cc(Cl)cc(Cl)c1)c1cccc2ccccc12. The molecule has 0 atom stereocenters. The molecule has 4 nitrogen and oxygen atoms in total. The number of carbonyl (C=O) groups is 2. The largest absolute Gasteiger partial charge is 0.452 e. The molecule has 0 bridgehead atoms. The molecule has 3 aromatic rings. The first-order valence-corrected chi connectivity index (χ1v) is 9.16. The van der Waals surface area contributed by atoms with Crippen molar-refractivity contribution in [1.82, 2.24) is 0 Å². The molecule has 1 amide bonds. The molecule has 0 aliphatic carbocycles. The van der Waals surface area contributed by atoms with Crippen molar-refractivity contribution >= 4 is 51.5 Å². The van der Waals surface area contributed by atoms with Crippen LogP contribution < -0.4 is 4.90 Å². The van der Waals surface area contributed by atoms with Crippen LogP contribution in [0.2, 0.25) is 10.0 Å². The van der Waals surface area contributed by atoms with Gasteiger partial charge < -0.3 is 9.64 Å². The number of hydrogen-bond donors (Lipinski definition) is 0. The molecule has 0 aliphatic heterocycles. The van der Waals surface area contributed by atoms with E-state index in [1.165, 1.54) is 18.2 Å². The summed E-state index contributed by atoms with van der Waals surface area (Å²) in [5, 5.41) is 2.65. The van der Waals surface area contributed by atoms with Gasteiger partial charge in [-0.3, -0.25) is 4.79 Å². The Kier molecular flexibility index (Phi) is 5.99. The number of amides is 1. The summed E-state index contributed by atoms with van der Waals surface area (Å²) in [6, 6.07) is 18.0. The first kappa shape index (κ1) is 19.2. The molecule has 0 N–H and O–H groups in total. The number of rotatable bonds is 5. The van der Waals surface area contributed by atoms with Gasteiger partial charge in [0.2, 0.25) is 0 Å². The fourth-order valence-electron chi connectivity index (χ4n) is 2.88. The molecule has 0 heterocycles. The Morgan fingerprint density at radius 1 is 0.963 bits per heavy atom. The van der Waals surface area contributed by atoms with Crippen molar-refractivity contribution in [3.05, 3.63) is 76.3 Å². The minimum absolute atomic E-state index is 0.202. The van der Waals surface area contributed by atoms with E-state index in [1.807, 2.05) is 49.4 Å². The summed E-state index contributed by atoms with van der Waals surface area (Å²) in [7, 11) is 0. The van der Waals surface area contributed by atoms with Gasteiger partial charge in [0.1, 0.15) is 0 Å². The number of likely N-dealkylation sites (N-methyl/N-ethyl adjacent to an activating group) is 1. The quantitative estimate of drug-likeness (QED) is 0.540. The average molecular weight is 402 g/mol. The van der Waals surface area contributed by atoms with Crippen LogP contribution in [0.25, 0.3) is 10.8 Å². The maximum Gasteiger partial charge on any atom is 0.338 e. The second kappa shape index (κ2) is 8.42. The van der Waals surface area contributed by atoms with Crippen molar-refractivity contribution in [2.24, 2.45) is 0 Å². The molecule has 0 radical (unpaired) electrons. The van der Waals surface area contributed by atoms with Crippen LogP contribution in [0.4, 0.5) is 5.69 Å². The zero-order valence-corrected chi connectivity index (χ0v) is 16.1. The highest BCUT2D eigenvalue weighted by Crippen LogP contribution is 2.27. The zero-order valence-electron chi connectivity index (χ0n) is 14.6. The lowest BCUT2D eigenvalue weighted by atomic mass is 10.1.